The number of rotatable bonds is 9. The Kier molecular flexibility index (Phi) is 8.36. The fourth-order valence-corrected chi connectivity index (χ4v) is 8.15. The number of benzene rings is 4. The Labute approximate surface area is 251 Å². The predicted molar refractivity (Wildman–Crippen MR) is 165 cm³/mol. The van der Waals surface area contributed by atoms with Crippen LogP contribution in [0.3, 0.4) is 0 Å². The van der Waals surface area contributed by atoms with E-state index in [1.54, 1.807) is 13.1 Å². The average molecular weight is 624 g/mol. The molecule has 1 fully saturated rings. The van der Waals surface area contributed by atoms with Gasteiger partial charge in [0.2, 0.25) is 0 Å². The maximum absolute atomic E-state index is 12.8. The summed E-state index contributed by atoms with van der Waals surface area (Å²) >= 11 is 0.0692. The van der Waals surface area contributed by atoms with Crippen molar-refractivity contribution in [2.75, 3.05) is 6.61 Å². The molecule has 7 heteroatoms. The van der Waals surface area contributed by atoms with E-state index in [4.69, 9.17) is 9.47 Å². The summed E-state index contributed by atoms with van der Waals surface area (Å²) in [5.74, 6) is 0. The van der Waals surface area contributed by atoms with Crippen LogP contribution in [0.25, 0.3) is 0 Å². The Bertz CT molecular complexity index is 1630. The summed E-state index contributed by atoms with van der Waals surface area (Å²) in [7, 11) is 0. The Hall–Kier alpha value is -4.00. The van der Waals surface area contributed by atoms with E-state index in [9.17, 15) is 9.59 Å². The summed E-state index contributed by atoms with van der Waals surface area (Å²) in [5, 5.41) is 0. The Morgan fingerprint density at radius 3 is 1.83 bits per heavy atom. The summed E-state index contributed by atoms with van der Waals surface area (Å²) in [5.41, 5.74) is 1.83. The summed E-state index contributed by atoms with van der Waals surface area (Å²) in [4.78, 5) is 27.5. The third-order valence-electron chi connectivity index (χ3n) is 7.67. The first kappa shape index (κ1) is 28.1. The molecule has 3 atom stereocenters. The molecule has 0 unspecified atom stereocenters. The van der Waals surface area contributed by atoms with E-state index in [-0.39, 0.29) is 31.4 Å². The first-order valence-corrected chi connectivity index (χ1v) is 15.9. The molecule has 1 aromatic heterocycles. The maximum atomic E-state index is 12.8. The summed E-state index contributed by atoms with van der Waals surface area (Å²) in [6, 6.07) is 41.3. The zero-order valence-corrected chi connectivity index (χ0v) is 25.0. The van der Waals surface area contributed by atoms with Crippen LogP contribution in [0, 0.1) is 6.92 Å². The molecule has 1 aliphatic rings. The Balaban J connectivity index is 1.39. The van der Waals surface area contributed by atoms with Crippen molar-refractivity contribution in [3.63, 3.8) is 0 Å². The summed E-state index contributed by atoms with van der Waals surface area (Å²) < 4.78 is 16.6. The molecule has 4 aromatic carbocycles. The second kappa shape index (κ2) is 12.5. The molecule has 0 amide bonds. The van der Waals surface area contributed by atoms with Crippen LogP contribution in [0.5, 0.6) is 0 Å². The fourth-order valence-electron chi connectivity index (χ4n) is 5.59. The van der Waals surface area contributed by atoms with Crippen LogP contribution in [0.15, 0.2) is 137 Å². The van der Waals surface area contributed by atoms with E-state index < -0.39 is 17.5 Å². The molecule has 2 heterocycles. The van der Waals surface area contributed by atoms with Gasteiger partial charge >= 0.3 is 252 Å². The normalized spacial score (nSPS) is 18.6. The Morgan fingerprint density at radius 1 is 0.810 bits per heavy atom. The molecule has 1 aliphatic heterocycles. The molecule has 6 nitrogen and oxygen atoms in total. The van der Waals surface area contributed by atoms with Gasteiger partial charge in [-0.2, -0.15) is 0 Å². The van der Waals surface area contributed by atoms with Crippen LogP contribution < -0.4 is 15.7 Å². The second-order valence-corrected chi connectivity index (χ2v) is 13.2. The molecule has 5 aromatic rings. The van der Waals surface area contributed by atoms with Crippen molar-refractivity contribution in [1.29, 1.82) is 0 Å². The Morgan fingerprint density at radius 2 is 1.31 bits per heavy atom. The average Bonchev–Trinajstić information content (AvgIpc) is 3.43. The number of aromatic nitrogens is 2. The monoisotopic (exact) mass is 624 g/mol. The van der Waals surface area contributed by atoms with Gasteiger partial charge < -0.3 is 0 Å². The third-order valence-corrected chi connectivity index (χ3v) is 10.5. The molecule has 6 rings (SSSR count). The van der Waals surface area contributed by atoms with Gasteiger partial charge in [0.1, 0.15) is 0 Å². The van der Waals surface area contributed by atoms with Crippen molar-refractivity contribution in [2.24, 2.45) is 0 Å². The number of aryl methyl sites for hydroxylation is 1. The van der Waals surface area contributed by atoms with Gasteiger partial charge in [0.25, 0.3) is 0 Å². The zero-order valence-electron chi connectivity index (χ0n) is 23.3. The van der Waals surface area contributed by atoms with Gasteiger partial charge in [-0.15, -0.1) is 0 Å². The number of aromatic amines is 1. The van der Waals surface area contributed by atoms with Crippen LogP contribution >= 0.6 is 0 Å². The summed E-state index contributed by atoms with van der Waals surface area (Å²) in [6.07, 6.45) is 1.47. The van der Waals surface area contributed by atoms with Crippen molar-refractivity contribution in [1.82, 2.24) is 9.55 Å². The standard InChI is InChI=1S/C35H32N2O4Se/c1-25-23-37(34(39)36-33(25)38)32-22-31(42-29-20-12-5-13-21-29)30(41-32)24-40-35(26-14-6-2-7-15-26,27-16-8-3-9-17-27)28-18-10-4-11-19-28/h2-21,23,30-32H,22,24H2,1H3,(H,36,38,39)/t30-,31+,32-/m1/s1. The van der Waals surface area contributed by atoms with Crippen LogP contribution in [-0.4, -0.2) is 37.2 Å². The number of hydrogen-bond acceptors (Lipinski definition) is 4. The molecule has 0 bridgehead atoms. The van der Waals surface area contributed by atoms with Gasteiger partial charge in [-0.05, 0) is 0 Å². The number of nitrogens with zero attached hydrogens (tertiary/aromatic N) is 1. The molecular weight excluding hydrogens is 591 g/mol. The fraction of sp³-hybridized carbons (Fsp3) is 0.200. The topological polar surface area (TPSA) is 73.3 Å². The van der Waals surface area contributed by atoms with Gasteiger partial charge in [0, 0.05) is 0 Å². The zero-order chi connectivity index (χ0) is 28.9. The second-order valence-electron chi connectivity index (χ2n) is 10.4. The van der Waals surface area contributed by atoms with Gasteiger partial charge in [-0.25, -0.2) is 0 Å². The van der Waals surface area contributed by atoms with E-state index in [1.807, 2.05) is 60.7 Å². The van der Waals surface area contributed by atoms with Crippen molar-refractivity contribution >= 4 is 19.4 Å². The minimum atomic E-state index is -0.874. The van der Waals surface area contributed by atoms with E-state index in [2.05, 4.69) is 65.6 Å². The quantitative estimate of drug-likeness (QED) is 0.186. The van der Waals surface area contributed by atoms with Crippen LogP contribution in [0.4, 0.5) is 0 Å². The van der Waals surface area contributed by atoms with Gasteiger partial charge in [-0.3, -0.25) is 0 Å². The van der Waals surface area contributed by atoms with E-state index in [0.29, 0.717) is 18.6 Å². The van der Waals surface area contributed by atoms with Gasteiger partial charge in [0.15, 0.2) is 0 Å². The molecular formula is C35H32N2O4Se. The molecule has 0 saturated carbocycles. The SMILES string of the molecule is Cc1cn([C@H]2C[C@H]([Se]c3ccccc3)[C@@H](COC(c3ccccc3)(c3ccccc3)c3ccccc3)O2)c(=O)[nH]c1=O. The van der Waals surface area contributed by atoms with Crippen molar-refractivity contribution in [3.8, 4) is 0 Å². The molecule has 0 aliphatic carbocycles. The number of nitrogens with one attached hydrogen (secondary N) is 1. The first-order chi connectivity index (χ1) is 20.5. The number of hydrogen-bond donors (Lipinski definition) is 1. The van der Waals surface area contributed by atoms with Crippen LogP contribution in [-0.2, 0) is 15.1 Å². The van der Waals surface area contributed by atoms with Gasteiger partial charge in [-0.1, -0.05) is 0 Å². The molecule has 1 saturated heterocycles. The van der Waals surface area contributed by atoms with Gasteiger partial charge in [0.05, 0.1) is 0 Å². The van der Waals surface area contributed by atoms with E-state index in [1.165, 1.54) is 9.03 Å². The van der Waals surface area contributed by atoms with Crippen molar-refractivity contribution in [3.05, 3.63) is 171 Å². The van der Waals surface area contributed by atoms with Crippen molar-refractivity contribution in [2.45, 2.75) is 36.1 Å². The summed E-state index contributed by atoms with van der Waals surface area (Å²) in [6.45, 7) is 2.01. The van der Waals surface area contributed by atoms with E-state index >= 15 is 0 Å². The third kappa shape index (κ3) is 5.69. The molecule has 0 spiro atoms. The molecule has 42 heavy (non-hydrogen) atoms. The molecule has 1 N–H and O–H groups in total. The van der Waals surface area contributed by atoms with Crippen LogP contribution in [0.2, 0.25) is 4.82 Å². The first-order valence-electron chi connectivity index (χ1n) is 14.0. The van der Waals surface area contributed by atoms with Crippen LogP contribution in [0.1, 0.15) is 34.9 Å². The van der Waals surface area contributed by atoms with E-state index in [0.717, 1.165) is 16.7 Å². The number of H-pyrrole nitrogens is 1. The molecule has 0 radical (unpaired) electrons. The predicted octanol–water partition coefficient (Wildman–Crippen LogP) is 4.96. The minimum absolute atomic E-state index is 0.0692. The number of ether oxygens (including phenoxy) is 2. The van der Waals surface area contributed by atoms with Crippen molar-refractivity contribution < 1.29 is 9.47 Å². The molecule has 212 valence electrons.